The third kappa shape index (κ3) is 18.1. The molecule has 1 N–H and O–H groups in total. The molecule has 0 fully saturated rings. The molecular formula is C3H6IKO2. The van der Waals surface area contributed by atoms with E-state index in [4.69, 9.17) is 5.11 Å². The van der Waals surface area contributed by atoms with Gasteiger partial charge in [0.25, 0.3) is 0 Å². The molecule has 0 saturated heterocycles. The maximum Gasteiger partial charge on any atom is 1.00 e. The Balaban J connectivity index is -0.0000000800. The Kier molecular flexibility index (Phi) is 24.5. The molecule has 0 saturated carbocycles. The molecule has 0 spiro atoms. The predicted octanol–water partition coefficient (Wildman–Crippen LogP) is -5.51. The first-order valence-corrected chi connectivity index (χ1v) is 1.49. The largest absolute Gasteiger partial charge is 1.00 e. The second kappa shape index (κ2) is 10.8. The average Bonchev–Trinajstić information content (AvgIpc) is 1.38. The molecule has 0 aliphatic rings. The molecule has 0 aromatic rings. The Morgan fingerprint density at radius 3 is 1.86 bits per heavy atom. The third-order valence-electron chi connectivity index (χ3n) is 0.302. The van der Waals surface area contributed by atoms with E-state index in [2.05, 4.69) is 0 Å². The van der Waals surface area contributed by atoms with E-state index in [1.165, 1.54) is 0 Å². The van der Waals surface area contributed by atoms with Crippen molar-refractivity contribution in [1.82, 2.24) is 0 Å². The maximum absolute atomic E-state index is 9.37. The number of carboxylic acids is 1. The molecular weight excluding hydrogens is 234 g/mol. The third-order valence-corrected chi connectivity index (χ3v) is 0.302. The molecule has 4 heteroatoms. The predicted molar refractivity (Wildman–Crippen MR) is 17.9 cm³/mol. The van der Waals surface area contributed by atoms with E-state index < -0.39 is 5.97 Å². The van der Waals surface area contributed by atoms with Crippen molar-refractivity contribution in [1.29, 1.82) is 0 Å². The molecule has 0 rings (SSSR count). The Morgan fingerprint density at radius 2 is 1.86 bits per heavy atom. The zero-order chi connectivity index (χ0) is 4.28. The number of rotatable bonds is 1. The van der Waals surface area contributed by atoms with Crippen LogP contribution in [-0.4, -0.2) is 11.1 Å². The van der Waals surface area contributed by atoms with Gasteiger partial charge in [0.1, 0.15) is 0 Å². The summed E-state index contributed by atoms with van der Waals surface area (Å²) >= 11 is 0. The summed E-state index contributed by atoms with van der Waals surface area (Å²) in [5.41, 5.74) is 0. The molecule has 38 valence electrons. The minimum atomic E-state index is -0.745. The monoisotopic (exact) mass is 240 g/mol. The molecule has 7 heavy (non-hydrogen) atoms. The quantitative estimate of drug-likeness (QED) is 0.367. The smallest absolute Gasteiger partial charge is 1.00 e. The molecule has 0 amide bonds. The summed E-state index contributed by atoms with van der Waals surface area (Å²) in [6.45, 7) is 1.60. The minimum Gasteiger partial charge on any atom is -1.00 e. The topological polar surface area (TPSA) is 37.3 Å². The summed E-state index contributed by atoms with van der Waals surface area (Å²) < 4.78 is 0. The summed E-state index contributed by atoms with van der Waals surface area (Å²) in [6.07, 6.45) is 0.222. The molecule has 0 atom stereocenters. The van der Waals surface area contributed by atoms with Crippen molar-refractivity contribution in [3.63, 3.8) is 0 Å². The van der Waals surface area contributed by atoms with Crippen LogP contribution in [0.5, 0.6) is 0 Å². The number of aliphatic carboxylic acids is 1. The van der Waals surface area contributed by atoms with E-state index in [9.17, 15) is 4.79 Å². The van der Waals surface area contributed by atoms with Crippen LogP contribution in [0.3, 0.4) is 0 Å². The fourth-order valence-corrected chi connectivity index (χ4v) is 0. The number of halogens is 1. The molecule has 2 nitrogen and oxygen atoms in total. The second-order valence-corrected chi connectivity index (χ2v) is 0.747. The SMILES string of the molecule is CCC(=O)O.[I-].[K+]. The van der Waals surface area contributed by atoms with Gasteiger partial charge in [0.15, 0.2) is 0 Å². The van der Waals surface area contributed by atoms with Crippen LogP contribution in [0.25, 0.3) is 0 Å². The normalized spacial score (nSPS) is 5.29. The first kappa shape index (κ1) is 15.9. The number of carbonyl (C=O) groups is 1. The van der Waals surface area contributed by atoms with Gasteiger partial charge < -0.3 is 29.1 Å². The minimum absolute atomic E-state index is 0. The van der Waals surface area contributed by atoms with Gasteiger partial charge >= 0.3 is 57.4 Å². The van der Waals surface area contributed by atoms with Crippen LogP contribution in [0.2, 0.25) is 0 Å². The van der Waals surface area contributed by atoms with Gasteiger partial charge in [-0.15, -0.1) is 0 Å². The van der Waals surface area contributed by atoms with Gasteiger partial charge in [-0.2, -0.15) is 0 Å². The van der Waals surface area contributed by atoms with Crippen molar-refractivity contribution < 1.29 is 85.3 Å². The van der Waals surface area contributed by atoms with Gasteiger partial charge in [-0.3, -0.25) is 4.79 Å². The summed E-state index contributed by atoms with van der Waals surface area (Å²) in [5.74, 6) is -0.745. The van der Waals surface area contributed by atoms with Gasteiger partial charge in [0.2, 0.25) is 0 Å². The molecule has 0 bridgehead atoms. The van der Waals surface area contributed by atoms with Crippen molar-refractivity contribution >= 4 is 5.97 Å². The van der Waals surface area contributed by atoms with E-state index in [0.717, 1.165) is 0 Å². The fraction of sp³-hybridized carbons (Fsp3) is 0.667. The molecule has 0 unspecified atom stereocenters. The van der Waals surface area contributed by atoms with Crippen LogP contribution in [0.4, 0.5) is 0 Å². The average molecular weight is 240 g/mol. The van der Waals surface area contributed by atoms with Crippen LogP contribution in [-0.2, 0) is 4.79 Å². The first-order chi connectivity index (χ1) is 2.27. The molecule has 0 heterocycles. The van der Waals surface area contributed by atoms with Crippen LogP contribution in [0.15, 0.2) is 0 Å². The van der Waals surface area contributed by atoms with Crippen molar-refractivity contribution in [3.8, 4) is 0 Å². The van der Waals surface area contributed by atoms with Crippen molar-refractivity contribution in [2.45, 2.75) is 13.3 Å². The summed E-state index contributed by atoms with van der Waals surface area (Å²) in [5, 5.41) is 7.72. The zero-order valence-corrected chi connectivity index (χ0v) is 9.72. The molecule has 0 aromatic heterocycles. The second-order valence-electron chi connectivity index (χ2n) is 0.747. The Labute approximate surface area is 102 Å². The standard InChI is InChI=1S/C3H6O2.HI.K/c1-2-3(4)5;;/h2H2,1H3,(H,4,5);1H;/q;;+1/p-1. The fourth-order valence-electron chi connectivity index (χ4n) is 0. The first-order valence-electron chi connectivity index (χ1n) is 1.49. The maximum atomic E-state index is 9.37. The Bertz CT molecular complexity index is 48.2. The van der Waals surface area contributed by atoms with E-state index in [1.807, 2.05) is 0 Å². The Hall–Kier alpha value is 1.84. The zero-order valence-electron chi connectivity index (χ0n) is 4.44. The number of hydrogen-bond acceptors (Lipinski definition) is 1. The van der Waals surface area contributed by atoms with Crippen LogP contribution >= 0.6 is 0 Å². The summed E-state index contributed by atoms with van der Waals surface area (Å²) in [4.78, 5) is 9.37. The number of carboxylic acid groups (broad SMARTS) is 1. The van der Waals surface area contributed by atoms with Crippen molar-refractivity contribution in [2.24, 2.45) is 0 Å². The summed E-state index contributed by atoms with van der Waals surface area (Å²) in [6, 6.07) is 0. The van der Waals surface area contributed by atoms with Gasteiger partial charge in [0.05, 0.1) is 0 Å². The van der Waals surface area contributed by atoms with Gasteiger partial charge in [-0.05, 0) is 0 Å². The van der Waals surface area contributed by atoms with Crippen molar-refractivity contribution in [2.75, 3.05) is 0 Å². The van der Waals surface area contributed by atoms with E-state index in [0.29, 0.717) is 0 Å². The van der Waals surface area contributed by atoms with Gasteiger partial charge in [-0.25, -0.2) is 0 Å². The Morgan fingerprint density at radius 1 is 1.71 bits per heavy atom. The number of hydrogen-bond donors (Lipinski definition) is 1. The molecule has 0 aliphatic carbocycles. The molecule has 0 aliphatic heterocycles. The van der Waals surface area contributed by atoms with Gasteiger partial charge in [-0.1, -0.05) is 6.92 Å². The van der Waals surface area contributed by atoms with E-state index in [1.54, 1.807) is 6.92 Å². The van der Waals surface area contributed by atoms with Gasteiger partial charge in [0, 0.05) is 6.42 Å². The molecule has 0 aromatic carbocycles. The van der Waals surface area contributed by atoms with Crippen molar-refractivity contribution in [3.05, 3.63) is 0 Å². The van der Waals surface area contributed by atoms with E-state index in [-0.39, 0.29) is 81.8 Å². The van der Waals surface area contributed by atoms with E-state index >= 15 is 0 Å². The van der Waals surface area contributed by atoms with Crippen LogP contribution in [0, 0.1) is 0 Å². The summed E-state index contributed by atoms with van der Waals surface area (Å²) in [7, 11) is 0. The molecule has 0 radical (unpaired) electrons. The van der Waals surface area contributed by atoms with Crippen LogP contribution < -0.4 is 75.4 Å². The van der Waals surface area contributed by atoms with Crippen LogP contribution in [0.1, 0.15) is 13.3 Å².